The Morgan fingerprint density at radius 1 is 1.22 bits per heavy atom. The Kier molecular flexibility index (Phi) is 6.58. The lowest BCUT2D eigenvalue weighted by Gasteiger charge is -2.14. The molecule has 0 saturated heterocycles. The molecule has 1 aromatic heterocycles. The summed E-state index contributed by atoms with van der Waals surface area (Å²) in [5.74, 6) is 0.402. The van der Waals surface area contributed by atoms with Crippen LogP contribution in [0.1, 0.15) is 17.5 Å². The molecule has 0 bridgehead atoms. The van der Waals surface area contributed by atoms with E-state index in [0.717, 1.165) is 0 Å². The van der Waals surface area contributed by atoms with Crippen LogP contribution in [-0.4, -0.2) is 30.8 Å². The number of furan rings is 1. The first-order chi connectivity index (χ1) is 11.2. The van der Waals surface area contributed by atoms with Gasteiger partial charge in [0.15, 0.2) is 10.9 Å². The molecule has 0 atom stereocenters. The van der Waals surface area contributed by atoms with Gasteiger partial charge in [0.05, 0.1) is 18.6 Å². The van der Waals surface area contributed by atoms with Crippen LogP contribution in [0.2, 0.25) is 0 Å². The molecule has 1 aromatic carbocycles. The molecule has 0 aliphatic heterocycles. The van der Waals surface area contributed by atoms with Crippen LogP contribution in [0.25, 0.3) is 0 Å². The summed E-state index contributed by atoms with van der Waals surface area (Å²) in [5, 5.41) is 5.64. The van der Waals surface area contributed by atoms with E-state index in [2.05, 4.69) is 10.6 Å². The minimum absolute atomic E-state index is 0.159. The van der Waals surface area contributed by atoms with Crippen molar-refractivity contribution in [3.63, 3.8) is 0 Å². The number of carbonyl (C=O) groups excluding carboxylic acids is 1. The summed E-state index contributed by atoms with van der Waals surface area (Å²) in [7, 11) is 0. The molecule has 1 heterocycles. The lowest BCUT2D eigenvalue weighted by Crippen LogP contribution is -2.34. The van der Waals surface area contributed by atoms with Gasteiger partial charge in [-0.3, -0.25) is 10.1 Å². The zero-order valence-corrected chi connectivity index (χ0v) is 13.5. The number of hydrogen-bond donors (Lipinski definition) is 2. The number of rotatable bonds is 7. The molecule has 0 radical (unpaired) electrons. The highest BCUT2D eigenvalue weighted by atomic mass is 32.1. The Balaban J connectivity index is 1.91. The van der Waals surface area contributed by atoms with Crippen LogP contribution in [-0.2, 0) is 4.74 Å². The summed E-state index contributed by atoms with van der Waals surface area (Å²) in [6, 6.07) is 10.5. The summed E-state index contributed by atoms with van der Waals surface area (Å²) in [6.07, 6.45) is 1.42. The van der Waals surface area contributed by atoms with Gasteiger partial charge in [-0.05, 0) is 43.4 Å². The third-order valence-corrected chi connectivity index (χ3v) is 3.00. The molecule has 0 fully saturated rings. The second kappa shape index (κ2) is 8.92. The van der Waals surface area contributed by atoms with E-state index in [1.54, 1.807) is 18.2 Å². The number of para-hydroxylation sites is 2. The van der Waals surface area contributed by atoms with Gasteiger partial charge in [0.1, 0.15) is 12.4 Å². The third kappa shape index (κ3) is 5.39. The molecule has 23 heavy (non-hydrogen) atoms. The molecule has 7 heteroatoms. The number of anilines is 1. The molecule has 2 N–H and O–H groups in total. The van der Waals surface area contributed by atoms with Crippen molar-refractivity contribution in [2.24, 2.45) is 0 Å². The monoisotopic (exact) mass is 334 g/mol. The van der Waals surface area contributed by atoms with Crippen molar-refractivity contribution in [3.8, 4) is 5.75 Å². The Morgan fingerprint density at radius 3 is 2.78 bits per heavy atom. The second-order valence-electron chi connectivity index (χ2n) is 4.43. The molecular weight excluding hydrogens is 316 g/mol. The van der Waals surface area contributed by atoms with Crippen molar-refractivity contribution in [3.05, 3.63) is 48.4 Å². The number of benzene rings is 1. The molecule has 0 spiro atoms. The molecule has 6 nitrogen and oxygen atoms in total. The van der Waals surface area contributed by atoms with Gasteiger partial charge in [0.2, 0.25) is 0 Å². The zero-order chi connectivity index (χ0) is 16.5. The summed E-state index contributed by atoms with van der Waals surface area (Å²) in [6.45, 7) is 3.50. The minimum Gasteiger partial charge on any atom is -0.489 e. The van der Waals surface area contributed by atoms with E-state index in [0.29, 0.717) is 31.3 Å². The van der Waals surface area contributed by atoms with E-state index in [4.69, 9.17) is 26.1 Å². The largest absolute Gasteiger partial charge is 0.489 e. The lowest BCUT2D eigenvalue weighted by molar-refractivity contribution is 0.0950. The van der Waals surface area contributed by atoms with E-state index in [-0.39, 0.29) is 10.9 Å². The summed E-state index contributed by atoms with van der Waals surface area (Å²) < 4.78 is 15.9. The van der Waals surface area contributed by atoms with Crippen LogP contribution < -0.4 is 15.4 Å². The number of ether oxygens (including phenoxy) is 2. The van der Waals surface area contributed by atoms with Gasteiger partial charge in [-0.25, -0.2) is 0 Å². The Hall–Kier alpha value is -2.38. The molecule has 0 unspecified atom stereocenters. The maximum absolute atomic E-state index is 11.9. The smallest absolute Gasteiger partial charge is 0.293 e. The number of nitrogens with one attached hydrogen (secondary N) is 2. The van der Waals surface area contributed by atoms with Crippen LogP contribution in [0.15, 0.2) is 47.1 Å². The Labute approximate surface area is 139 Å². The summed E-state index contributed by atoms with van der Waals surface area (Å²) in [5.41, 5.74) is 0.661. The first-order valence-electron chi connectivity index (χ1n) is 7.16. The van der Waals surface area contributed by atoms with Crippen LogP contribution >= 0.6 is 12.2 Å². The highest BCUT2D eigenvalue weighted by Gasteiger charge is 2.11. The normalized spacial score (nSPS) is 10.1. The van der Waals surface area contributed by atoms with Gasteiger partial charge >= 0.3 is 0 Å². The van der Waals surface area contributed by atoms with Crippen molar-refractivity contribution in [2.45, 2.75) is 6.92 Å². The van der Waals surface area contributed by atoms with Gasteiger partial charge in [-0.1, -0.05) is 12.1 Å². The topological polar surface area (TPSA) is 72.7 Å². The third-order valence-electron chi connectivity index (χ3n) is 2.80. The minimum atomic E-state index is -0.415. The molecule has 0 saturated carbocycles. The van der Waals surface area contributed by atoms with Crippen molar-refractivity contribution < 1.29 is 18.7 Å². The van der Waals surface area contributed by atoms with E-state index in [1.165, 1.54) is 6.26 Å². The van der Waals surface area contributed by atoms with Crippen LogP contribution in [0, 0.1) is 0 Å². The Morgan fingerprint density at radius 2 is 2.04 bits per heavy atom. The molecule has 2 rings (SSSR count). The van der Waals surface area contributed by atoms with Gasteiger partial charge in [-0.15, -0.1) is 0 Å². The maximum atomic E-state index is 11.9. The van der Waals surface area contributed by atoms with Gasteiger partial charge in [0.25, 0.3) is 5.91 Å². The molecule has 0 aliphatic rings. The van der Waals surface area contributed by atoms with Crippen molar-refractivity contribution in [2.75, 3.05) is 25.1 Å². The van der Waals surface area contributed by atoms with Crippen molar-refractivity contribution in [1.82, 2.24) is 5.32 Å². The van der Waals surface area contributed by atoms with Crippen LogP contribution in [0.4, 0.5) is 5.69 Å². The second-order valence-corrected chi connectivity index (χ2v) is 4.84. The van der Waals surface area contributed by atoms with Crippen LogP contribution in [0.5, 0.6) is 5.75 Å². The first kappa shape index (κ1) is 17.0. The van der Waals surface area contributed by atoms with E-state index >= 15 is 0 Å². The average molecular weight is 334 g/mol. The molecule has 2 aromatic rings. The fraction of sp³-hybridized carbons (Fsp3) is 0.250. The fourth-order valence-corrected chi connectivity index (χ4v) is 1.98. The predicted octanol–water partition coefficient (Wildman–Crippen LogP) is 2.82. The number of carbonyl (C=O) groups is 1. The van der Waals surface area contributed by atoms with Gasteiger partial charge in [0, 0.05) is 6.61 Å². The SMILES string of the molecule is CCOCCOc1ccccc1NC(=S)NC(=O)c1ccco1. The molecule has 0 aliphatic carbocycles. The highest BCUT2D eigenvalue weighted by molar-refractivity contribution is 7.80. The maximum Gasteiger partial charge on any atom is 0.293 e. The lowest BCUT2D eigenvalue weighted by atomic mass is 10.3. The summed E-state index contributed by atoms with van der Waals surface area (Å²) in [4.78, 5) is 11.9. The van der Waals surface area contributed by atoms with Crippen LogP contribution in [0.3, 0.4) is 0 Å². The molecule has 122 valence electrons. The van der Waals surface area contributed by atoms with E-state index in [9.17, 15) is 4.79 Å². The Bertz CT molecular complexity index is 643. The molecular formula is C16H18N2O4S. The zero-order valence-electron chi connectivity index (χ0n) is 12.7. The van der Waals surface area contributed by atoms with Crippen molar-refractivity contribution >= 4 is 28.9 Å². The number of amides is 1. The standard InChI is InChI=1S/C16H18N2O4S/c1-2-20-10-11-22-13-7-4-3-6-12(13)17-16(23)18-15(19)14-8-5-9-21-14/h3-9H,2,10-11H2,1H3,(H2,17,18,19,23). The quantitative estimate of drug-likeness (QED) is 0.599. The average Bonchev–Trinajstić information content (AvgIpc) is 3.07. The van der Waals surface area contributed by atoms with E-state index < -0.39 is 5.91 Å². The number of hydrogen-bond acceptors (Lipinski definition) is 5. The first-order valence-corrected chi connectivity index (χ1v) is 7.57. The highest BCUT2D eigenvalue weighted by Crippen LogP contribution is 2.23. The summed E-state index contributed by atoms with van der Waals surface area (Å²) >= 11 is 5.14. The van der Waals surface area contributed by atoms with E-state index in [1.807, 2.05) is 25.1 Å². The van der Waals surface area contributed by atoms with Gasteiger partial charge < -0.3 is 19.2 Å². The van der Waals surface area contributed by atoms with Crippen molar-refractivity contribution in [1.29, 1.82) is 0 Å². The predicted molar refractivity (Wildman–Crippen MR) is 90.8 cm³/mol. The number of thiocarbonyl (C=S) groups is 1. The molecule has 1 amide bonds. The van der Waals surface area contributed by atoms with Gasteiger partial charge in [-0.2, -0.15) is 0 Å². The fourth-order valence-electron chi connectivity index (χ4n) is 1.78.